The number of hydrogen-bond donors (Lipinski definition) is 1. The average molecular weight is 267 g/mol. The molecule has 0 atom stereocenters. The molecule has 3 heteroatoms. The maximum Gasteiger partial charge on any atom is 0.133 e. The predicted molar refractivity (Wildman–Crippen MR) is 79.0 cm³/mol. The van der Waals surface area contributed by atoms with Crippen LogP contribution < -0.4 is 5.32 Å². The Kier molecular flexibility index (Phi) is 6.59. The van der Waals surface area contributed by atoms with Gasteiger partial charge < -0.3 is 14.5 Å². The van der Waals surface area contributed by atoms with Gasteiger partial charge in [-0.05, 0) is 30.4 Å². The Morgan fingerprint density at radius 3 is 2.68 bits per heavy atom. The summed E-state index contributed by atoms with van der Waals surface area (Å²) in [6.45, 7) is 14.3. The lowest BCUT2D eigenvalue weighted by atomic mass is 9.93. The van der Waals surface area contributed by atoms with Gasteiger partial charge in [-0.1, -0.05) is 34.6 Å². The molecule has 3 nitrogen and oxygen atoms in total. The molecule has 0 unspecified atom stereocenters. The Labute approximate surface area is 117 Å². The van der Waals surface area contributed by atoms with E-state index in [0.717, 1.165) is 31.9 Å². The first-order chi connectivity index (χ1) is 8.88. The van der Waals surface area contributed by atoms with E-state index in [0.29, 0.717) is 17.9 Å². The van der Waals surface area contributed by atoms with Crippen molar-refractivity contribution in [3.05, 3.63) is 23.7 Å². The number of furan rings is 1. The molecule has 0 bridgehead atoms. The fourth-order valence-corrected chi connectivity index (χ4v) is 1.69. The Bertz CT molecular complexity index is 350. The molecule has 0 aliphatic heterocycles. The minimum atomic E-state index is 0.324. The third-order valence-corrected chi connectivity index (χ3v) is 2.94. The van der Waals surface area contributed by atoms with Crippen LogP contribution >= 0.6 is 0 Å². The Balaban J connectivity index is 2.28. The first-order valence-electron chi connectivity index (χ1n) is 7.22. The van der Waals surface area contributed by atoms with E-state index in [1.165, 1.54) is 5.56 Å². The van der Waals surface area contributed by atoms with E-state index >= 15 is 0 Å². The van der Waals surface area contributed by atoms with E-state index in [1.807, 2.05) is 6.07 Å². The molecule has 0 radical (unpaired) electrons. The standard InChI is InChI=1S/C16H29NO2/c1-13(2)10-17-11-14-6-8-19-15(14)12-18-9-7-16(3,4)5/h6,8,13,17H,7,9-12H2,1-5H3. The molecule has 19 heavy (non-hydrogen) atoms. The molecule has 0 spiro atoms. The van der Waals surface area contributed by atoms with Crippen molar-refractivity contribution in [3.63, 3.8) is 0 Å². The predicted octanol–water partition coefficient (Wildman–Crippen LogP) is 3.98. The van der Waals surface area contributed by atoms with Gasteiger partial charge in [-0.2, -0.15) is 0 Å². The van der Waals surface area contributed by atoms with Gasteiger partial charge in [-0.15, -0.1) is 0 Å². The van der Waals surface area contributed by atoms with E-state index in [1.54, 1.807) is 6.26 Å². The monoisotopic (exact) mass is 267 g/mol. The van der Waals surface area contributed by atoms with Gasteiger partial charge in [0.05, 0.1) is 6.26 Å². The molecule has 110 valence electrons. The van der Waals surface area contributed by atoms with Crippen LogP contribution in [0.5, 0.6) is 0 Å². The molecule has 0 amide bonds. The van der Waals surface area contributed by atoms with Gasteiger partial charge in [0.25, 0.3) is 0 Å². The van der Waals surface area contributed by atoms with Crippen molar-refractivity contribution < 1.29 is 9.15 Å². The molecular formula is C16H29NO2. The SMILES string of the molecule is CC(C)CNCc1ccoc1COCCC(C)(C)C. The summed E-state index contributed by atoms with van der Waals surface area (Å²) in [5.41, 5.74) is 1.53. The van der Waals surface area contributed by atoms with Crippen molar-refractivity contribution in [1.29, 1.82) is 0 Å². The van der Waals surface area contributed by atoms with Crippen LogP contribution in [-0.2, 0) is 17.9 Å². The highest BCUT2D eigenvalue weighted by atomic mass is 16.5. The minimum Gasteiger partial charge on any atom is -0.467 e. The van der Waals surface area contributed by atoms with Crippen LogP contribution in [0, 0.1) is 11.3 Å². The molecule has 1 heterocycles. The van der Waals surface area contributed by atoms with E-state index in [-0.39, 0.29) is 0 Å². The van der Waals surface area contributed by atoms with E-state index in [9.17, 15) is 0 Å². The molecule has 0 aliphatic carbocycles. The zero-order valence-electron chi connectivity index (χ0n) is 13.1. The molecular weight excluding hydrogens is 238 g/mol. The van der Waals surface area contributed by atoms with Gasteiger partial charge >= 0.3 is 0 Å². The molecule has 0 aliphatic rings. The number of hydrogen-bond acceptors (Lipinski definition) is 3. The first-order valence-corrected chi connectivity index (χ1v) is 7.22. The molecule has 0 fully saturated rings. The Hall–Kier alpha value is -0.800. The second kappa shape index (κ2) is 7.71. The normalized spacial score (nSPS) is 12.3. The summed E-state index contributed by atoms with van der Waals surface area (Å²) in [6.07, 6.45) is 2.81. The van der Waals surface area contributed by atoms with E-state index in [2.05, 4.69) is 39.9 Å². The molecule has 0 saturated heterocycles. The summed E-state index contributed by atoms with van der Waals surface area (Å²) in [4.78, 5) is 0. The zero-order valence-corrected chi connectivity index (χ0v) is 13.1. The lowest BCUT2D eigenvalue weighted by Gasteiger charge is -2.17. The van der Waals surface area contributed by atoms with Crippen LogP contribution in [0.3, 0.4) is 0 Å². The topological polar surface area (TPSA) is 34.4 Å². The minimum absolute atomic E-state index is 0.324. The third-order valence-electron chi connectivity index (χ3n) is 2.94. The van der Waals surface area contributed by atoms with Gasteiger partial charge in [0.1, 0.15) is 12.4 Å². The molecule has 1 rings (SSSR count). The number of nitrogens with one attached hydrogen (secondary N) is 1. The van der Waals surface area contributed by atoms with Crippen LogP contribution in [0.4, 0.5) is 0 Å². The summed E-state index contributed by atoms with van der Waals surface area (Å²) in [5, 5.41) is 3.43. The Morgan fingerprint density at radius 1 is 1.32 bits per heavy atom. The van der Waals surface area contributed by atoms with Crippen molar-refractivity contribution in [2.24, 2.45) is 11.3 Å². The van der Waals surface area contributed by atoms with Crippen LogP contribution in [0.25, 0.3) is 0 Å². The van der Waals surface area contributed by atoms with Crippen LogP contribution in [0.15, 0.2) is 16.7 Å². The average Bonchev–Trinajstić information content (AvgIpc) is 2.70. The summed E-state index contributed by atoms with van der Waals surface area (Å²) < 4.78 is 11.2. The quantitative estimate of drug-likeness (QED) is 0.723. The van der Waals surface area contributed by atoms with Gasteiger partial charge in [0, 0.05) is 18.7 Å². The smallest absolute Gasteiger partial charge is 0.133 e. The summed E-state index contributed by atoms with van der Waals surface area (Å²) in [6, 6.07) is 2.02. The number of ether oxygens (including phenoxy) is 1. The first kappa shape index (κ1) is 16.3. The van der Waals surface area contributed by atoms with Crippen LogP contribution in [-0.4, -0.2) is 13.2 Å². The third kappa shape index (κ3) is 7.38. The maximum absolute atomic E-state index is 5.70. The van der Waals surface area contributed by atoms with Gasteiger partial charge in [-0.25, -0.2) is 0 Å². The largest absolute Gasteiger partial charge is 0.467 e. The lowest BCUT2D eigenvalue weighted by Crippen LogP contribution is -2.19. The fourth-order valence-electron chi connectivity index (χ4n) is 1.69. The van der Waals surface area contributed by atoms with Crippen molar-refractivity contribution in [2.75, 3.05) is 13.2 Å². The maximum atomic E-state index is 5.70. The van der Waals surface area contributed by atoms with Crippen molar-refractivity contribution in [1.82, 2.24) is 5.32 Å². The highest BCUT2D eigenvalue weighted by Gasteiger charge is 2.11. The molecule has 1 aromatic heterocycles. The van der Waals surface area contributed by atoms with Crippen molar-refractivity contribution in [3.8, 4) is 0 Å². The molecule has 1 N–H and O–H groups in total. The highest BCUT2D eigenvalue weighted by molar-refractivity contribution is 5.16. The van der Waals surface area contributed by atoms with Gasteiger partial charge in [0.2, 0.25) is 0 Å². The van der Waals surface area contributed by atoms with Gasteiger partial charge in [0.15, 0.2) is 0 Å². The number of rotatable bonds is 8. The van der Waals surface area contributed by atoms with Crippen molar-refractivity contribution >= 4 is 0 Å². The second-order valence-corrected chi connectivity index (χ2v) is 6.76. The Morgan fingerprint density at radius 2 is 2.05 bits per heavy atom. The second-order valence-electron chi connectivity index (χ2n) is 6.76. The lowest BCUT2D eigenvalue weighted by molar-refractivity contribution is 0.0837. The summed E-state index contributed by atoms with van der Waals surface area (Å²) in [5.74, 6) is 1.61. The van der Waals surface area contributed by atoms with E-state index in [4.69, 9.17) is 9.15 Å². The van der Waals surface area contributed by atoms with E-state index < -0.39 is 0 Å². The van der Waals surface area contributed by atoms with Crippen LogP contribution in [0.2, 0.25) is 0 Å². The fraction of sp³-hybridized carbons (Fsp3) is 0.750. The summed E-state index contributed by atoms with van der Waals surface area (Å²) in [7, 11) is 0. The molecule has 0 saturated carbocycles. The molecule has 0 aromatic carbocycles. The van der Waals surface area contributed by atoms with Crippen molar-refractivity contribution in [2.45, 2.75) is 54.2 Å². The zero-order chi connectivity index (χ0) is 14.3. The highest BCUT2D eigenvalue weighted by Crippen LogP contribution is 2.19. The van der Waals surface area contributed by atoms with Gasteiger partial charge in [-0.3, -0.25) is 0 Å². The van der Waals surface area contributed by atoms with Crippen LogP contribution in [0.1, 0.15) is 52.4 Å². The molecule has 1 aromatic rings. The summed E-state index contributed by atoms with van der Waals surface area (Å²) >= 11 is 0.